The number of benzene rings is 1. The summed E-state index contributed by atoms with van der Waals surface area (Å²) in [6.45, 7) is 4.83. The molecule has 0 saturated heterocycles. The van der Waals surface area contributed by atoms with E-state index in [1.165, 1.54) is 4.90 Å². The van der Waals surface area contributed by atoms with Crippen molar-refractivity contribution in [2.24, 2.45) is 0 Å². The molecule has 0 radical (unpaired) electrons. The smallest absolute Gasteiger partial charge is 0.305 e. The summed E-state index contributed by atoms with van der Waals surface area (Å²) in [4.78, 5) is 23.9. The minimum Gasteiger partial charge on any atom is -0.494 e. The van der Waals surface area contributed by atoms with Crippen LogP contribution in [0, 0.1) is 0 Å². The van der Waals surface area contributed by atoms with Gasteiger partial charge in [-0.2, -0.15) is 0 Å². The Hall–Kier alpha value is -2.24. The molecule has 0 heterocycles. The van der Waals surface area contributed by atoms with E-state index < -0.39 is 5.97 Å². The second-order valence-electron chi connectivity index (χ2n) is 4.31. The molecule has 6 heteroatoms. The minimum atomic E-state index is -0.923. The van der Waals surface area contributed by atoms with Gasteiger partial charge >= 0.3 is 5.97 Å². The summed E-state index contributed by atoms with van der Waals surface area (Å²) >= 11 is 0. The highest BCUT2D eigenvalue weighted by atomic mass is 16.5. The van der Waals surface area contributed by atoms with E-state index >= 15 is 0 Å². The van der Waals surface area contributed by atoms with Crippen LogP contribution in [-0.4, -0.2) is 48.2 Å². The number of aliphatic carboxylic acids is 1. The van der Waals surface area contributed by atoms with Crippen LogP contribution >= 0.6 is 0 Å². The van der Waals surface area contributed by atoms with Gasteiger partial charge in [0.25, 0.3) is 5.91 Å². The third-order valence-electron chi connectivity index (χ3n) is 2.83. The molecule has 0 spiro atoms. The number of hydrogen-bond donors (Lipinski definition) is 1. The number of carbonyl (C=O) groups excluding carboxylic acids is 1. The van der Waals surface area contributed by atoms with Crippen molar-refractivity contribution in [3.8, 4) is 11.5 Å². The first-order valence-corrected chi connectivity index (χ1v) is 6.92. The average molecular weight is 295 g/mol. The van der Waals surface area contributed by atoms with Gasteiger partial charge < -0.3 is 19.5 Å². The van der Waals surface area contributed by atoms with E-state index in [2.05, 4.69) is 0 Å². The Bertz CT molecular complexity index is 458. The van der Waals surface area contributed by atoms with Crippen molar-refractivity contribution in [2.45, 2.75) is 20.3 Å². The molecule has 0 saturated carbocycles. The third-order valence-corrected chi connectivity index (χ3v) is 2.83. The highest BCUT2D eigenvalue weighted by Crippen LogP contribution is 2.17. The van der Waals surface area contributed by atoms with Crippen LogP contribution in [0.4, 0.5) is 0 Å². The van der Waals surface area contributed by atoms with Crippen molar-refractivity contribution in [2.75, 3.05) is 26.3 Å². The van der Waals surface area contributed by atoms with Crippen LogP contribution in [0.1, 0.15) is 20.3 Å². The van der Waals surface area contributed by atoms with Crippen LogP contribution in [0.3, 0.4) is 0 Å². The SMILES string of the molecule is CCOc1ccc(OCC(=O)N(CC)CCC(=O)O)cc1. The molecule has 1 aromatic rings. The van der Waals surface area contributed by atoms with Gasteiger partial charge in [0, 0.05) is 13.1 Å². The number of amides is 1. The maximum atomic E-state index is 11.9. The lowest BCUT2D eigenvalue weighted by Gasteiger charge is -2.20. The normalized spacial score (nSPS) is 10.0. The topological polar surface area (TPSA) is 76.1 Å². The van der Waals surface area contributed by atoms with Gasteiger partial charge in [0.2, 0.25) is 0 Å². The third kappa shape index (κ3) is 6.16. The molecular formula is C15H21NO5. The van der Waals surface area contributed by atoms with E-state index in [9.17, 15) is 9.59 Å². The van der Waals surface area contributed by atoms with Crippen molar-refractivity contribution in [1.82, 2.24) is 4.90 Å². The van der Waals surface area contributed by atoms with Crippen LogP contribution in [0.15, 0.2) is 24.3 Å². The van der Waals surface area contributed by atoms with Crippen molar-refractivity contribution in [3.63, 3.8) is 0 Å². The van der Waals surface area contributed by atoms with E-state index in [4.69, 9.17) is 14.6 Å². The maximum Gasteiger partial charge on any atom is 0.305 e. The number of carbonyl (C=O) groups is 2. The Morgan fingerprint density at radius 3 is 2.14 bits per heavy atom. The van der Waals surface area contributed by atoms with Crippen LogP contribution < -0.4 is 9.47 Å². The van der Waals surface area contributed by atoms with E-state index in [1.54, 1.807) is 31.2 Å². The van der Waals surface area contributed by atoms with Crippen molar-refractivity contribution in [1.29, 1.82) is 0 Å². The molecule has 1 N–H and O–H groups in total. The summed E-state index contributed by atoms with van der Waals surface area (Å²) in [6, 6.07) is 6.99. The molecule has 0 fully saturated rings. The van der Waals surface area contributed by atoms with Crippen LogP contribution in [-0.2, 0) is 9.59 Å². The van der Waals surface area contributed by atoms with E-state index in [1.807, 2.05) is 6.92 Å². The fraction of sp³-hybridized carbons (Fsp3) is 0.467. The molecule has 0 aliphatic rings. The van der Waals surface area contributed by atoms with Gasteiger partial charge in [-0.1, -0.05) is 0 Å². The fourth-order valence-electron chi connectivity index (χ4n) is 1.72. The second kappa shape index (κ2) is 8.84. The molecule has 116 valence electrons. The molecule has 1 aromatic carbocycles. The summed E-state index contributed by atoms with van der Waals surface area (Å²) < 4.78 is 10.7. The minimum absolute atomic E-state index is 0.0668. The summed E-state index contributed by atoms with van der Waals surface area (Å²) in [5.41, 5.74) is 0. The highest BCUT2D eigenvalue weighted by molar-refractivity contribution is 5.78. The number of carboxylic acid groups (broad SMARTS) is 1. The summed E-state index contributed by atoms with van der Waals surface area (Å²) in [5, 5.41) is 8.64. The molecule has 6 nitrogen and oxygen atoms in total. The summed E-state index contributed by atoms with van der Waals surface area (Å²) in [5.74, 6) is 0.162. The zero-order chi connectivity index (χ0) is 15.7. The molecule has 0 aliphatic carbocycles. The first-order chi connectivity index (χ1) is 10.1. The van der Waals surface area contributed by atoms with Crippen LogP contribution in [0.5, 0.6) is 11.5 Å². The van der Waals surface area contributed by atoms with Gasteiger partial charge in [-0.15, -0.1) is 0 Å². The van der Waals surface area contributed by atoms with E-state index in [0.717, 1.165) is 5.75 Å². The number of hydrogen-bond acceptors (Lipinski definition) is 4. The Morgan fingerprint density at radius 1 is 1.10 bits per heavy atom. The summed E-state index contributed by atoms with van der Waals surface area (Å²) in [7, 11) is 0. The zero-order valence-electron chi connectivity index (χ0n) is 12.4. The van der Waals surface area contributed by atoms with Gasteiger partial charge in [-0.3, -0.25) is 9.59 Å². The van der Waals surface area contributed by atoms with Gasteiger partial charge in [0.15, 0.2) is 6.61 Å². The Labute approximate surface area is 124 Å². The van der Waals surface area contributed by atoms with Gasteiger partial charge in [0.05, 0.1) is 13.0 Å². The molecule has 0 bridgehead atoms. The van der Waals surface area contributed by atoms with Crippen LogP contribution in [0.25, 0.3) is 0 Å². The highest BCUT2D eigenvalue weighted by Gasteiger charge is 2.13. The van der Waals surface area contributed by atoms with Crippen LogP contribution in [0.2, 0.25) is 0 Å². The predicted octanol–water partition coefficient (Wildman–Crippen LogP) is 1.79. The first-order valence-electron chi connectivity index (χ1n) is 6.92. The number of nitrogens with zero attached hydrogens (tertiary/aromatic N) is 1. The number of likely N-dealkylation sites (N-methyl/N-ethyl adjacent to an activating group) is 1. The Kier molecular flexibility index (Phi) is 7.08. The first kappa shape index (κ1) is 16.8. The van der Waals surface area contributed by atoms with Gasteiger partial charge in [0.1, 0.15) is 11.5 Å². The average Bonchev–Trinajstić information content (AvgIpc) is 2.47. The van der Waals surface area contributed by atoms with Crippen molar-refractivity contribution < 1.29 is 24.2 Å². The molecule has 0 aliphatic heterocycles. The molecule has 1 rings (SSSR count). The predicted molar refractivity (Wildman–Crippen MR) is 77.6 cm³/mol. The second-order valence-corrected chi connectivity index (χ2v) is 4.31. The summed E-state index contributed by atoms with van der Waals surface area (Å²) in [6.07, 6.45) is -0.0668. The molecule has 0 unspecified atom stereocenters. The van der Waals surface area contributed by atoms with Crippen molar-refractivity contribution in [3.05, 3.63) is 24.3 Å². The number of ether oxygens (including phenoxy) is 2. The molecular weight excluding hydrogens is 274 g/mol. The Morgan fingerprint density at radius 2 is 1.67 bits per heavy atom. The number of rotatable bonds is 9. The lowest BCUT2D eigenvalue weighted by Crippen LogP contribution is -2.36. The molecule has 1 amide bonds. The molecule has 0 atom stereocenters. The fourth-order valence-corrected chi connectivity index (χ4v) is 1.72. The van der Waals surface area contributed by atoms with E-state index in [-0.39, 0.29) is 25.5 Å². The Balaban J connectivity index is 2.44. The molecule has 21 heavy (non-hydrogen) atoms. The largest absolute Gasteiger partial charge is 0.494 e. The lowest BCUT2D eigenvalue weighted by molar-refractivity contribution is -0.139. The lowest BCUT2D eigenvalue weighted by atomic mass is 10.3. The monoisotopic (exact) mass is 295 g/mol. The number of carboxylic acids is 1. The van der Waals surface area contributed by atoms with Gasteiger partial charge in [-0.05, 0) is 38.1 Å². The quantitative estimate of drug-likeness (QED) is 0.751. The van der Waals surface area contributed by atoms with E-state index in [0.29, 0.717) is 18.9 Å². The molecule has 0 aromatic heterocycles. The maximum absolute atomic E-state index is 11.9. The van der Waals surface area contributed by atoms with Gasteiger partial charge in [-0.25, -0.2) is 0 Å². The van der Waals surface area contributed by atoms with Crippen molar-refractivity contribution >= 4 is 11.9 Å². The standard InChI is InChI=1S/C15H21NO5/c1-3-16(10-9-15(18)19)14(17)11-21-13-7-5-12(6-8-13)20-4-2/h5-8H,3-4,9-11H2,1-2H3,(H,18,19). The zero-order valence-corrected chi connectivity index (χ0v) is 12.4.